The average molecular weight is 239 g/mol. The van der Waals surface area contributed by atoms with Gasteiger partial charge in [0.1, 0.15) is 0 Å². The van der Waals surface area contributed by atoms with E-state index in [1.54, 1.807) is 0 Å². The van der Waals surface area contributed by atoms with Crippen molar-refractivity contribution in [2.45, 2.75) is 51.1 Å². The molecule has 2 fully saturated rings. The topological polar surface area (TPSA) is 18.5 Å². The molecule has 2 aliphatic rings. The minimum atomic E-state index is 0.770. The molecule has 1 unspecified atom stereocenters. The van der Waals surface area contributed by atoms with Crippen LogP contribution in [0.5, 0.6) is 0 Å². The average Bonchev–Trinajstić information content (AvgIpc) is 3.12. The van der Waals surface area contributed by atoms with E-state index in [0.29, 0.717) is 0 Å². The molecule has 3 heteroatoms. The lowest BCUT2D eigenvalue weighted by atomic mass is 10.1. The van der Waals surface area contributed by atoms with Gasteiger partial charge in [0.15, 0.2) is 0 Å². The van der Waals surface area contributed by atoms with Crippen LogP contribution in [0.1, 0.15) is 39.0 Å². The zero-order valence-corrected chi connectivity index (χ0v) is 11.6. The quantitative estimate of drug-likeness (QED) is 0.758. The molecule has 1 heterocycles. The number of nitrogens with one attached hydrogen (secondary N) is 1. The summed E-state index contributed by atoms with van der Waals surface area (Å²) in [5.74, 6) is 0. The van der Waals surface area contributed by atoms with Crippen LogP contribution in [-0.2, 0) is 0 Å². The first-order valence-electron chi connectivity index (χ1n) is 7.45. The number of hydrogen-bond acceptors (Lipinski definition) is 3. The van der Waals surface area contributed by atoms with Gasteiger partial charge in [-0.2, -0.15) is 0 Å². The maximum atomic E-state index is 3.72. The van der Waals surface area contributed by atoms with Gasteiger partial charge in [-0.05, 0) is 45.8 Å². The number of hydrogen-bond donors (Lipinski definition) is 1. The summed E-state index contributed by atoms with van der Waals surface area (Å²) in [5, 5.41) is 3.72. The Kier molecular flexibility index (Phi) is 5.26. The molecule has 1 N–H and O–H groups in total. The second-order valence-electron chi connectivity index (χ2n) is 5.82. The van der Waals surface area contributed by atoms with E-state index in [0.717, 1.165) is 12.1 Å². The highest BCUT2D eigenvalue weighted by molar-refractivity contribution is 4.85. The molecule has 0 radical (unpaired) electrons. The Morgan fingerprint density at radius 2 is 2.00 bits per heavy atom. The van der Waals surface area contributed by atoms with E-state index in [4.69, 9.17) is 0 Å². The van der Waals surface area contributed by atoms with Gasteiger partial charge in [-0.3, -0.25) is 4.90 Å². The molecule has 100 valence electrons. The van der Waals surface area contributed by atoms with Crippen LogP contribution in [0, 0.1) is 0 Å². The third kappa shape index (κ3) is 4.57. The molecule has 1 aliphatic carbocycles. The molecule has 0 aromatic carbocycles. The SMILES string of the molecule is CCCC(CNC1CC1)N1CCCN(C)CC1. The zero-order valence-electron chi connectivity index (χ0n) is 11.6. The van der Waals surface area contributed by atoms with Crippen molar-refractivity contribution in [3.05, 3.63) is 0 Å². The zero-order chi connectivity index (χ0) is 12.1. The largest absolute Gasteiger partial charge is 0.312 e. The van der Waals surface area contributed by atoms with E-state index in [1.165, 1.54) is 64.8 Å². The fourth-order valence-electron chi connectivity index (χ4n) is 2.77. The first-order valence-corrected chi connectivity index (χ1v) is 7.45. The molecule has 0 bridgehead atoms. The molecule has 1 saturated heterocycles. The van der Waals surface area contributed by atoms with E-state index < -0.39 is 0 Å². The standard InChI is InChI=1S/C14H29N3/c1-3-5-14(12-15-13-6-7-13)17-9-4-8-16(2)10-11-17/h13-15H,3-12H2,1-2H3. The summed E-state index contributed by atoms with van der Waals surface area (Å²) in [6.07, 6.45) is 6.80. The summed E-state index contributed by atoms with van der Waals surface area (Å²) in [6, 6.07) is 1.62. The minimum absolute atomic E-state index is 0.770. The van der Waals surface area contributed by atoms with E-state index in [1.807, 2.05) is 0 Å². The third-order valence-electron chi connectivity index (χ3n) is 4.11. The Morgan fingerprint density at radius 3 is 2.71 bits per heavy atom. The van der Waals surface area contributed by atoms with Crippen molar-refractivity contribution in [2.75, 3.05) is 39.8 Å². The molecule has 17 heavy (non-hydrogen) atoms. The monoisotopic (exact) mass is 239 g/mol. The Hall–Kier alpha value is -0.120. The first kappa shape index (κ1) is 13.3. The second-order valence-corrected chi connectivity index (χ2v) is 5.82. The summed E-state index contributed by atoms with van der Waals surface area (Å²) in [7, 11) is 2.25. The van der Waals surface area contributed by atoms with Gasteiger partial charge in [-0.25, -0.2) is 0 Å². The summed E-state index contributed by atoms with van der Waals surface area (Å²) in [4.78, 5) is 5.19. The van der Waals surface area contributed by atoms with Crippen LogP contribution >= 0.6 is 0 Å². The predicted molar refractivity (Wildman–Crippen MR) is 73.4 cm³/mol. The molecular weight excluding hydrogens is 210 g/mol. The van der Waals surface area contributed by atoms with Crippen molar-refractivity contribution in [3.63, 3.8) is 0 Å². The maximum Gasteiger partial charge on any atom is 0.0221 e. The smallest absolute Gasteiger partial charge is 0.0221 e. The normalized spacial score (nSPS) is 25.8. The number of rotatable bonds is 6. The fraction of sp³-hybridized carbons (Fsp3) is 1.00. The van der Waals surface area contributed by atoms with Crippen LogP contribution in [0.2, 0.25) is 0 Å². The van der Waals surface area contributed by atoms with Crippen LogP contribution < -0.4 is 5.32 Å². The van der Waals surface area contributed by atoms with Crippen molar-refractivity contribution in [3.8, 4) is 0 Å². The van der Waals surface area contributed by atoms with Gasteiger partial charge in [0.05, 0.1) is 0 Å². The van der Waals surface area contributed by atoms with Crippen molar-refractivity contribution < 1.29 is 0 Å². The highest BCUT2D eigenvalue weighted by Gasteiger charge is 2.25. The van der Waals surface area contributed by atoms with Crippen molar-refractivity contribution in [1.29, 1.82) is 0 Å². The van der Waals surface area contributed by atoms with Gasteiger partial charge in [0.25, 0.3) is 0 Å². The molecule has 0 amide bonds. The second kappa shape index (κ2) is 6.72. The lowest BCUT2D eigenvalue weighted by molar-refractivity contribution is 0.186. The van der Waals surface area contributed by atoms with Crippen molar-refractivity contribution in [1.82, 2.24) is 15.1 Å². The summed E-state index contributed by atoms with van der Waals surface area (Å²) < 4.78 is 0. The highest BCUT2D eigenvalue weighted by atomic mass is 15.2. The molecule has 2 rings (SSSR count). The molecule has 1 atom stereocenters. The third-order valence-corrected chi connectivity index (χ3v) is 4.11. The van der Waals surface area contributed by atoms with Crippen LogP contribution in [-0.4, -0.2) is 61.7 Å². The summed E-state index contributed by atoms with van der Waals surface area (Å²) in [5.41, 5.74) is 0. The van der Waals surface area contributed by atoms with Gasteiger partial charge >= 0.3 is 0 Å². The highest BCUT2D eigenvalue weighted by Crippen LogP contribution is 2.19. The van der Waals surface area contributed by atoms with E-state index in [9.17, 15) is 0 Å². The minimum Gasteiger partial charge on any atom is -0.312 e. The summed E-state index contributed by atoms with van der Waals surface area (Å²) >= 11 is 0. The lowest BCUT2D eigenvalue weighted by Gasteiger charge is -2.30. The Bertz CT molecular complexity index is 216. The Morgan fingerprint density at radius 1 is 1.18 bits per heavy atom. The molecule has 3 nitrogen and oxygen atoms in total. The van der Waals surface area contributed by atoms with Crippen LogP contribution in [0.4, 0.5) is 0 Å². The molecule has 0 spiro atoms. The van der Waals surface area contributed by atoms with Crippen molar-refractivity contribution >= 4 is 0 Å². The molecule has 1 aliphatic heterocycles. The van der Waals surface area contributed by atoms with Gasteiger partial charge < -0.3 is 10.2 Å². The van der Waals surface area contributed by atoms with E-state index >= 15 is 0 Å². The maximum absolute atomic E-state index is 3.72. The number of nitrogens with zero attached hydrogens (tertiary/aromatic N) is 2. The Labute approximate surface area is 107 Å². The molecule has 1 saturated carbocycles. The van der Waals surface area contributed by atoms with Gasteiger partial charge in [-0.15, -0.1) is 0 Å². The first-order chi connectivity index (χ1) is 8.29. The van der Waals surface area contributed by atoms with Crippen LogP contribution in [0.25, 0.3) is 0 Å². The van der Waals surface area contributed by atoms with Gasteiger partial charge in [0.2, 0.25) is 0 Å². The molecular formula is C14H29N3. The van der Waals surface area contributed by atoms with Crippen LogP contribution in [0.15, 0.2) is 0 Å². The Balaban J connectivity index is 1.79. The predicted octanol–water partition coefficient (Wildman–Crippen LogP) is 1.54. The molecule has 0 aromatic heterocycles. The fourth-order valence-corrected chi connectivity index (χ4v) is 2.77. The lowest BCUT2D eigenvalue weighted by Crippen LogP contribution is -2.44. The summed E-state index contributed by atoms with van der Waals surface area (Å²) in [6.45, 7) is 8.58. The number of likely N-dealkylation sites (N-methyl/N-ethyl adjacent to an activating group) is 1. The van der Waals surface area contributed by atoms with E-state index in [-0.39, 0.29) is 0 Å². The van der Waals surface area contributed by atoms with Crippen LogP contribution in [0.3, 0.4) is 0 Å². The van der Waals surface area contributed by atoms with Gasteiger partial charge in [0, 0.05) is 31.7 Å². The van der Waals surface area contributed by atoms with Gasteiger partial charge in [-0.1, -0.05) is 13.3 Å². The van der Waals surface area contributed by atoms with Crippen molar-refractivity contribution in [2.24, 2.45) is 0 Å². The van der Waals surface area contributed by atoms with E-state index in [2.05, 4.69) is 29.1 Å². The molecule has 0 aromatic rings.